The van der Waals surface area contributed by atoms with Gasteiger partial charge in [0.2, 0.25) is 0 Å². The second kappa shape index (κ2) is 5.41. The number of fused-ring (bicyclic) bond motifs is 1. The van der Waals surface area contributed by atoms with E-state index in [2.05, 4.69) is 11.0 Å². The van der Waals surface area contributed by atoms with Crippen molar-refractivity contribution < 1.29 is 13.9 Å². The molecule has 116 valence electrons. The fourth-order valence-corrected chi connectivity index (χ4v) is 3.77. The van der Waals surface area contributed by atoms with E-state index < -0.39 is 0 Å². The molecule has 2 aliphatic heterocycles. The van der Waals surface area contributed by atoms with Gasteiger partial charge in [-0.05, 0) is 37.8 Å². The fraction of sp³-hybridized carbons (Fsp3) is 0.765. The number of hydrogen-bond donors (Lipinski definition) is 0. The number of hydrogen-bond acceptors (Lipinski definition) is 4. The third kappa shape index (κ3) is 2.89. The van der Waals surface area contributed by atoms with Crippen molar-refractivity contribution in [2.24, 2.45) is 17.3 Å². The van der Waals surface area contributed by atoms with Crippen molar-refractivity contribution in [1.29, 1.82) is 0 Å². The van der Waals surface area contributed by atoms with Crippen LogP contribution in [0.15, 0.2) is 16.5 Å². The SMILES string of the molecule is Cc1ccc(CN2C[C@H]3COC[C@@]3(COCC3CC3)C2)o1. The molecule has 2 saturated heterocycles. The number of rotatable bonds is 6. The molecule has 3 heterocycles. The summed E-state index contributed by atoms with van der Waals surface area (Å²) in [7, 11) is 0. The van der Waals surface area contributed by atoms with Crippen LogP contribution in [0.3, 0.4) is 0 Å². The summed E-state index contributed by atoms with van der Waals surface area (Å²) < 4.78 is 17.5. The molecule has 21 heavy (non-hydrogen) atoms. The molecule has 0 unspecified atom stereocenters. The van der Waals surface area contributed by atoms with Gasteiger partial charge in [0.1, 0.15) is 11.5 Å². The van der Waals surface area contributed by atoms with Crippen LogP contribution in [-0.2, 0) is 16.0 Å². The zero-order chi connectivity index (χ0) is 14.3. The second-order valence-corrected chi connectivity index (χ2v) is 7.21. The second-order valence-electron chi connectivity index (χ2n) is 7.21. The van der Waals surface area contributed by atoms with E-state index in [1.807, 2.05) is 13.0 Å². The van der Waals surface area contributed by atoms with Crippen molar-refractivity contribution >= 4 is 0 Å². The van der Waals surface area contributed by atoms with Gasteiger partial charge in [0.15, 0.2) is 0 Å². The minimum Gasteiger partial charge on any atom is -0.465 e. The molecule has 0 radical (unpaired) electrons. The van der Waals surface area contributed by atoms with Crippen LogP contribution in [0.4, 0.5) is 0 Å². The number of nitrogens with zero attached hydrogens (tertiary/aromatic N) is 1. The van der Waals surface area contributed by atoms with Gasteiger partial charge in [-0.3, -0.25) is 4.90 Å². The standard InChI is InChI=1S/C17H25NO3/c1-13-2-5-16(21-13)7-18-6-15-9-20-12-17(15,10-18)11-19-8-14-3-4-14/h2,5,14-15H,3-4,6-12H2,1H3/t15-,17-/m0/s1. The maximum Gasteiger partial charge on any atom is 0.118 e. The lowest BCUT2D eigenvalue weighted by molar-refractivity contribution is 0.0217. The summed E-state index contributed by atoms with van der Waals surface area (Å²) in [6.07, 6.45) is 2.72. The highest BCUT2D eigenvalue weighted by Gasteiger charge is 2.50. The molecule has 1 aromatic heterocycles. The van der Waals surface area contributed by atoms with Crippen LogP contribution in [-0.4, -0.2) is 44.4 Å². The van der Waals surface area contributed by atoms with Gasteiger partial charge in [-0.15, -0.1) is 0 Å². The van der Waals surface area contributed by atoms with Crippen molar-refractivity contribution in [3.63, 3.8) is 0 Å². The highest BCUT2D eigenvalue weighted by Crippen LogP contribution is 2.42. The molecule has 4 nitrogen and oxygen atoms in total. The Kier molecular flexibility index (Phi) is 3.56. The molecule has 1 aliphatic carbocycles. The molecule has 1 saturated carbocycles. The van der Waals surface area contributed by atoms with Crippen molar-refractivity contribution in [1.82, 2.24) is 4.90 Å². The summed E-state index contributed by atoms with van der Waals surface area (Å²) >= 11 is 0. The van der Waals surface area contributed by atoms with Gasteiger partial charge in [-0.2, -0.15) is 0 Å². The Labute approximate surface area is 126 Å². The van der Waals surface area contributed by atoms with Crippen LogP contribution in [0, 0.1) is 24.2 Å². The smallest absolute Gasteiger partial charge is 0.118 e. The lowest BCUT2D eigenvalue weighted by atomic mass is 9.82. The Morgan fingerprint density at radius 3 is 3.05 bits per heavy atom. The Bertz CT molecular complexity index is 496. The Morgan fingerprint density at radius 1 is 1.38 bits per heavy atom. The van der Waals surface area contributed by atoms with Crippen LogP contribution < -0.4 is 0 Å². The van der Waals surface area contributed by atoms with Gasteiger partial charge in [0.05, 0.1) is 26.4 Å². The molecule has 4 heteroatoms. The predicted molar refractivity (Wildman–Crippen MR) is 79.0 cm³/mol. The summed E-state index contributed by atoms with van der Waals surface area (Å²) in [6.45, 7) is 8.65. The molecule has 0 amide bonds. The van der Waals surface area contributed by atoms with Gasteiger partial charge in [0.25, 0.3) is 0 Å². The molecular weight excluding hydrogens is 266 g/mol. The third-order valence-electron chi connectivity index (χ3n) is 5.21. The Hall–Kier alpha value is -0.840. The average molecular weight is 291 g/mol. The zero-order valence-corrected chi connectivity index (χ0v) is 12.8. The Balaban J connectivity index is 1.36. The first kappa shape index (κ1) is 13.8. The van der Waals surface area contributed by atoms with E-state index in [-0.39, 0.29) is 5.41 Å². The minimum atomic E-state index is 0.219. The largest absolute Gasteiger partial charge is 0.465 e. The third-order valence-corrected chi connectivity index (χ3v) is 5.21. The molecule has 4 rings (SSSR count). The number of aryl methyl sites for hydroxylation is 1. The van der Waals surface area contributed by atoms with E-state index in [0.29, 0.717) is 5.92 Å². The molecule has 0 N–H and O–H groups in total. The molecule has 3 aliphatic rings. The normalized spacial score (nSPS) is 32.7. The zero-order valence-electron chi connectivity index (χ0n) is 12.8. The van der Waals surface area contributed by atoms with Crippen molar-refractivity contribution in [3.05, 3.63) is 23.7 Å². The van der Waals surface area contributed by atoms with E-state index >= 15 is 0 Å². The van der Waals surface area contributed by atoms with Crippen LogP contribution in [0.2, 0.25) is 0 Å². The lowest BCUT2D eigenvalue weighted by Crippen LogP contribution is -2.35. The summed E-state index contributed by atoms with van der Waals surface area (Å²) in [5.41, 5.74) is 0.219. The highest BCUT2D eigenvalue weighted by molar-refractivity contribution is 5.07. The van der Waals surface area contributed by atoms with E-state index in [1.54, 1.807) is 0 Å². The van der Waals surface area contributed by atoms with E-state index in [1.165, 1.54) is 12.8 Å². The topological polar surface area (TPSA) is 34.8 Å². The molecule has 0 aromatic carbocycles. The first-order chi connectivity index (χ1) is 10.2. The van der Waals surface area contributed by atoms with Gasteiger partial charge >= 0.3 is 0 Å². The van der Waals surface area contributed by atoms with Gasteiger partial charge in [-0.1, -0.05) is 0 Å². The summed E-state index contributed by atoms with van der Waals surface area (Å²) in [5.74, 6) is 3.52. The molecule has 0 bridgehead atoms. The molecule has 2 atom stereocenters. The summed E-state index contributed by atoms with van der Waals surface area (Å²) in [5, 5.41) is 0. The van der Waals surface area contributed by atoms with E-state index in [4.69, 9.17) is 13.9 Å². The predicted octanol–water partition coefficient (Wildman–Crippen LogP) is 2.46. The first-order valence-electron chi connectivity index (χ1n) is 8.17. The maximum atomic E-state index is 6.02. The quantitative estimate of drug-likeness (QED) is 0.806. The summed E-state index contributed by atoms with van der Waals surface area (Å²) in [6, 6.07) is 4.14. The fourth-order valence-electron chi connectivity index (χ4n) is 3.77. The average Bonchev–Trinajstić information content (AvgIpc) is 2.90. The maximum absolute atomic E-state index is 6.02. The van der Waals surface area contributed by atoms with Gasteiger partial charge < -0.3 is 13.9 Å². The van der Waals surface area contributed by atoms with E-state index in [9.17, 15) is 0 Å². The highest BCUT2D eigenvalue weighted by atomic mass is 16.5. The molecule has 3 fully saturated rings. The molecule has 1 aromatic rings. The molecule has 0 spiro atoms. The minimum absolute atomic E-state index is 0.219. The number of likely N-dealkylation sites (tertiary alicyclic amines) is 1. The number of furan rings is 1. The van der Waals surface area contributed by atoms with Crippen molar-refractivity contribution in [2.45, 2.75) is 26.3 Å². The van der Waals surface area contributed by atoms with Crippen LogP contribution in [0.25, 0.3) is 0 Å². The first-order valence-corrected chi connectivity index (χ1v) is 8.17. The van der Waals surface area contributed by atoms with Crippen LogP contribution >= 0.6 is 0 Å². The van der Waals surface area contributed by atoms with Gasteiger partial charge in [0, 0.05) is 31.0 Å². The van der Waals surface area contributed by atoms with E-state index in [0.717, 1.165) is 63.5 Å². The lowest BCUT2D eigenvalue weighted by Gasteiger charge is -2.27. The monoisotopic (exact) mass is 291 g/mol. The molecular formula is C17H25NO3. The van der Waals surface area contributed by atoms with Crippen LogP contribution in [0.1, 0.15) is 24.4 Å². The number of ether oxygens (including phenoxy) is 2. The Morgan fingerprint density at radius 2 is 2.29 bits per heavy atom. The summed E-state index contributed by atoms with van der Waals surface area (Å²) in [4.78, 5) is 2.51. The van der Waals surface area contributed by atoms with Gasteiger partial charge in [-0.25, -0.2) is 0 Å². The van der Waals surface area contributed by atoms with Crippen molar-refractivity contribution in [3.8, 4) is 0 Å². The van der Waals surface area contributed by atoms with Crippen molar-refractivity contribution in [2.75, 3.05) is 39.5 Å². The van der Waals surface area contributed by atoms with Crippen LogP contribution in [0.5, 0.6) is 0 Å².